The number of hydrogen-bond donors (Lipinski definition) is 0. The smallest absolute Gasteiger partial charge is 0.227 e. The third kappa shape index (κ3) is 5.35. The number of amides is 1. The lowest BCUT2D eigenvalue weighted by molar-refractivity contribution is -0.138. The van der Waals surface area contributed by atoms with Gasteiger partial charge >= 0.3 is 0 Å². The van der Waals surface area contributed by atoms with Gasteiger partial charge in [0, 0.05) is 45.8 Å². The van der Waals surface area contributed by atoms with Crippen molar-refractivity contribution in [1.29, 1.82) is 0 Å². The minimum absolute atomic E-state index is 0.0811. The van der Waals surface area contributed by atoms with Gasteiger partial charge in [-0.05, 0) is 30.5 Å². The Balaban J connectivity index is 1.52. The molecular weight excluding hydrogens is 409 g/mol. The molecule has 27 heavy (non-hydrogen) atoms. The average molecular weight is 434 g/mol. The van der Waals surface area contributed by atoms with Crippen LogP contribution >= 0.6 is 23.2 Å². The van der Waals surface area contributed by atoms with Gasteiger partial charge in [-0.25, -0.2) is 12.7 Å². The van der Waals surface area contributed by atoms with Gasteiger partial charge in [0.15, 0.2) is 0 Å². The summed E-state index contributed by atoms with van der Waals surface area (Å²) in [4.78, 5) is 17.0. The number of benzene rings is 1. The zero-order chi connectivity index (χ0) is 19.6. The summed E-state index contributed by atoms with van der Waals surface area (Å²) in [6.45, 7) is 4.49. The average Bonchev–Trinajstić information content (AvgIpc) is 2.64. The second-order valence-electron chi connectivity index (χ2n) is 7.31. The lowest BCUT2D eigenvalue weighted by Gasteiger charge is -2.38. The number of hydrogen-bond acceptors (Lipinski definition) is 4. The van der Waals surface area contributed by atoms with Crippen LogP contribution in [-0.2, 0) is 21.4 Å². The zero-order valence-corrected chi connectivity index (χ0v) is 17.7. The van der Waals surface area contributed by atoms with Crippen molar-refractivity contribution in [3.05, 3.63) is 33.8 Å². The molecule has 0 radical (unpaired) electrons. The minimum atomic E-state index is -3.24. The topological polar surface area (TPSA) is 60.9 Å². The van der Waals surface area contributed by atoms with Crippen LogP contribution in [0.1, 0.15) is 18.4 Å². The number of piperazine rings is 1. The van der Waals surface area contributed by atoms with E-state index in [1.807, 2.05) is 17.0 Å². The highest BCUT2D eigenvalue weighted by Crippen LogP contribution is 2.24. The molecule has 2 aliphatic rings. The van der Waals surface area contributed by atoms with E-state index in [0.29, 0.717) is 36.2 Å². The van der Waals surface area contributed by atoms with Gasteiger partial charge in [-0.2, -0.15) is 0 Å². The molecule has 0 bridgehead atoms. The van der Waals surface area contributed by atoms with E-state index in [1.165, 1.54) is 10.6 Å². The van der Waals surface area contributed by atoms with E-state index in [2.05, 4.69) is 4.90 Å². The van der Waals surface area contributed by atoms with Gasteiger partial charge < -0.3 is 4.90 Å². The molecule has 0 saturated carbocycles. The number of sulfonamides is 1. The first-order valence-corrected chi connectivity index (χ1v) is 11.7. The van der Waals surface area contributed by atoms with Crippen molar-refractivity contribution in [3.8, 4) is 0 Å². The molecule has 0 aromatic heterocycles. The maximum atomic E-state index is 12.8. The molecule has 2 heterocycles. The Morgan fingerprint density at radius 1 is 1.11 bits per heavy atom. The molecule has 1 aromatic rings. The molecule has 2 saturated heterocycles. The van der Waals surface area contributed by atoms with Gasteiger partial charge in [-0.15, -0.1) is 0 Å². The van der Waals surface area contributed by atoms with Gasteiger partial charge in [-0.1, -0.05) is 29.3 Å². The largest absolute Gasteiger partial charge is 0.340 e. The highest BCUT2D eigenvalue weighted by molar-refractivity contribution is 7.88. The molecule has 3 rings (SSSR count). The molecular formula is C18H25Cl2N3O3S. The zero-order valence-electron chi connectivity index (χ0n) is 15.4. The molecule has 150 valence electrons. The van der Waals surface area contributed by atoms with E-state index in [-0.39, 0.29) is 11.8 Å². The Morgan fingerprint density at radius 2 is 1.81 bits per heavy atom. The fourth-order valence-electron chi connectivity index (χ4n) is 3.73. The van der Waals surface area contributed by atoms with Crippen molar-refractivity contribution < 1.29 is 13.2 Å². The Hall–Kier alpha value is -0.860. The highest BCUT2D eigenvalue weighted by Gasteiger charge is 2.33. The van der Waals surface area contributed by atoms with Crippen molar-refractivity contribution in [3.63, 3.8) is 0 Å². The Morgan fingerprint density at radius 3 is 2.44 bits per heavy atom. The van der Waals surface area contributed by atoms with Gasteiger partial charge in [0.25, 0.3) is 0 Å². The van der Waals surface area contributed by atoms with Crippen molar-refractivity contribution in [2.75, 3.05) is 45.5 Å². The number of carbonyl (C=O) groups excluding carboxylic acids is 1. The van der Waals surface area contributed by atoms with E-state index in [0.717, 1.165) is 38.0 Å². The first-order chi connectivity index (χ1) is 12.7. The predicted octanol–water partition coefficient (Wildman–Crippen LogP) is 2.31. The molecule has 2 aliphatic heterocycles. The van der Waals surface area contributed by atoms with Crippen LogP contribution in [0.5, 0.6) is 0 Å². The van der Waals surface area contributed by atoms with Crippen molar-refractivity contribution >= 4 is 39.1 Å². The number of halogens is 2. The van der Waals surface area contributed by atoms with Crippen molar-refractivity contribution in [2.45, 2.75) is 19.4 Å². The summed E-state index contributed by atoms with van der Waals surface area (Å²) in [5.74, 6) is -0.146. The number of piperidine rings is 1. The molecule has 1 atom stereocenters. The van der Waals surface area contributed by atoms with E-state index >= 15 is 0 Å². The van der Waals surface area contributed by atoms with Crippen LogP contribution in [-0.4, -0.2) is 74.0 Å². The Labute approximate surface area is 171 Å². The van der Waals surface area contributed by atoms with Crippen LogP contribution < -0.4 is 0 Å². The fraction of sp³-hybridized carbons (Fsp3) is 0.611. The van der Waals surface area contributed by atoms with Gasteiger partial charge in [0.2, 0.25) is 15.9 Å². The van der Waals surface area contributed by atoms with Gasteiger partial charge in [0.05, 0.1) is 22.2 Å². The fourth-order valence-corrected chi connectivity index (χ4v) is 4.96. The van der Waals surface area contributed by atoms with Crippen LogP contribution in [0.3, 0.4) is 0 Å². The molecule has 2 fully saturated rings. The molecule has 1 amide bonds. The van der Waals surface area contributed by atoms with Gasteiger partial charge in [-0.3, -0.25) is 9.69 Å². The number of rotatable bonds is 4. The maximum Gasteiger partial charge on any atom is 0.227 e. The first-order valence-electron chi connectivity index (χ1n) is 9.14. The predicted molar refractivity (Wildman–Crippen MR) is 107 cm³/mol. The van der Waals surface area contributed by atoms with Crippen molar-refractivity contribution in [2.24, 2.45) is 5.92 Å². The Bertz CT molecular complexity index is 795. The third-order valence-electron chi connectivity index (χ3n) is 5.28. The lowest BCUT2D eigenvalue weighted by atomic mass is 9.97. The maximum absolute atomic E-state index is 12.8. The summed E-state index contributed by atoms with van der Waals surface area (Å²) in [5, 5.41) is 1.10. The molecule has 9 heteroatoms. The van der Waals surface area contributed by atoms with E-state index in [1.54, 1.807) is 6.07 Å². The standard InChI is InChI=1S/C18H25Cl2N3O3S/c1-27(25,26)23-6-2-3-15(13-23)18(24)22-9-7-21(8-10-22)12-14-4-5-16(19)17(20)11-14/h4-5,11,15H,2-3,6-10,12-13H2,1H3. The molecule has 0 spiro atoms. The summed E-state index contributed by atoms with van der Waals surface area (Å²) < 4.78 is 25.0. The molecule has 0 N–H and O–H groups in total. The second kappa shape index (κ2) is 8.66. The lowest BCUT2D eigenvalue weighted by Crippen LogP contribution is -2.52. The van der Waals surface area contributed by atoms with Crippen LogP contribution in [0.15, 0.2) is 18.2 Å². The monoisotopic (exact) mass is 433 g/mol. The van der Waals surface area contributed by atoms with E-state index < -0.39 is 10.0 Å². The number of nitrogens with zero attached hydrogens (tertiary/aromatic N) is 3. The molecule has 0 aliphatic carbocycles. The van der Waals surface area contributed by atoms with E-state index in [9.17, 15) is 13.2 Å². The highest BCUT2D eigenvalue weighted by atomic mass is 35.5. The minimum Gasteiger partial charge on any atom is -0.340 e. The van der Waals surface area contributed by atoms with Gasteiger partial charge in [0.1, 0.15) is 0 Å². The second-order valence-corrected chi connectivity index (χ2v) is 10.1. The summed E-state index contributed by atoms with van der Waals surface area (Å²) >= 11 is 12.0. The summed E-state index contributed by atoms with van der Waals surface area (Å²) in [6, 6.07) is 5.65. The summed E-state index contributed by atoms with van der Waals surface area (Å²) in [5.41, 5.74) is 1.10. The Kier molecular flexibility index (Phi) is 6.69. The summed E-state index contributed by atoms with van der Waals surface area (Å²) in [6.07, 6.45) is 2.71. The first kappa shape index (κ1) is 20.9. The quantitative estimate of drug-likeness (QED) is 0.730. The van der Waals surface area contributed by atoms with Crippen LogP contribution in [0.2, 0.25) is 10.0 Å². The molecule has 1 aromatic carbocycles. The van der Waals surface area contributed by atoms with Crippen LogP contribution in [0.25, 0.3) is 0 Å². The SMILES string of the molecule is CS(=O)(=O)N1CCCC(C(=O)N2CCN(Cc3ccc(Cl)c(Cl)c3)CC2)C1. The normalized spacial score (nSPS) is 22.8. The van der Waals surface area contributed by atoms with Crippen LogP contribution in [0.4, 0.5) is 0 Å². The summed E-state index contributed by atoms with van der Waals surface area (Å²) in [7, 11) is -3.24. The molecule has 1 unspecified atom stereocenters. The molecule has 6 nitrogen and oxygen atoms in total. The van der Waals surface area contributed by atoms with E-state index in [4.69, 9.17) is 23.2 Å². The third-order valence-corrected chi connectivity index (χ3v) is 7.29. The number of carbonyl (C=O) groups is 1. The van der Waals surface area contributed by atoms with Crippen molar-refractivity contribution in [1.82, 2.24) is 14.1 Å². The van der Waals surface area contributed by atoms with Crippen LogP contribution in [0, 0.1) is 5.92 Å².